The number of hydrogen-bond acceptors (Lipinski definition) is 12. The number of anilines is 1. The van der Waals surface area contributed by atoms with Gasteiger partial charge < -0.3 is 44.8 Å². The van der Waals surface area contributed by atoms with E-state index in [1.807, 2.05) is 0 Å². The highest BCUT2D eigenvalue weighted by Crippen LogP contribution is 2.66. The lowest BCUT2D eigenvalue weighted by atomic mass is 10.1. The smallest absolute Gasteiger partial charge is 0.387 e. The van der Waals surface area contributed by atoms with Crippen molar-refractivity contribution < 1.29 is 61.4 Å². The Hall–Kier alpha value is -1.14. The lowest BCUT2D eigenvalue weighted by Gasteiger charge is -2.21. The lowest BCUT2D eigenvalue weighted by molar-refractivity contribution is -0.745. The minimum absolute atomic E-state index is 0.0166. The molecule has 0 aromatic carbocycles. The summed E-state index contributed by atoms with van der Waals surface area (Å²) in [6.45, 7) is -5.44. The second-order valence-electron chi connectivity index (χ2n) is 6.69. The summed E-state index contributed by atoms with van der Waals surface area (Å²) in [6, 6.07) is 0. The molecule has 2 aromatic heterocycles. The van der Waals surface area contributed by atoms with E-state index < -0.39 is 59.1 Å². The number of rotatable bonds is 8. The number of aryl methyl sites for hydroxylation is 1. The normalized spacial score (nSPS) is 27.5. The van der Waals surface area contributed by atoms with Crippen molar-refractivity contribution in [3.05, 3.63) is 16.7 Å². The molecule has 9 N–H and O–H groups in total. The maximum absolute atomic E-state index is 12.1. The molecule has 1 aliphatic heterocycles. The fraction of sp³-hybridized carbons (Fsp3) is 0.545. The first-order chi connectivity index (χ1) is 15.0. The summed E-state index contributed by atoms with van der Waals surface area (Å²) in [4.78, 5) is 54.8. The van der Waals surface area contributed by atoms with Gasteiger partial charge in [0.15, 0.2) is 6.33 Å². The molecule has 3 rings (SSSR count). The van der Waals surface area contributed by atoms with Crippen LogP contribution >= 0.6 is 22.4 Å². The van der Waals surface area contributed by atoms with Crippen molar-refractivity contribution in [3.63, 3.8) is 0 Å². The van der Waals surface area contributed by atoms with Crippen LogP contribution in [0.2, 0.25) is 0 Å². The van der Waals surface area contributed by atoms with Crippen molar-refractivity contribution in [1.82, 2.24) is 14.5 Å². The number of fused-ring (bicyclic) bond motifs is 1. The molecule has 6 atom stereocenters. The molecule has 22 heteroatoms. The number of nitrogen functional groups attached to an aromatic ring is 1. The highest BCUT2D eigenvalue weighted by atomic mass is 32.5. The monoisotopic (exact) mass is 554 g/mol. The van der Waals surface area contributed by atoms with Crippen molar-refractivity contribution >= 4 is 51.3 Å². The molecular formula is C11H19N5O13P3S+. The van der Waals surface area contributed by atoms with Crippen LogP contribution in [0.25, 0.3) is 11.2 Å². The maximum atomic E-state index is 12.1. The van der Waals surface area contributed by atoms with Gasteiger partial charge in [-0.15, -0.1) is 0 Å². The largest absolute Gasteiger partial charge is 0.488 e. The Morgan fingerprint density at radius 1 is 1.27 bits per heavy atom. The molecule has 0 saturated carbocycles. The van der Waals surface area contributed by atoms with Gasteiger partial charge in [0.05, 0.1) is 13.7 Å². The highest BCUT2D eigenvalue weighted by molar-refractivity contribution is 8.08. The molecule has 0 bridgehead atoms. The third-order valence-electron chi connectivity index (χ3n) is 4.22. The van der Waals surface area contributed by atoms with E-state index in [1.54, 1.807) is 0 Å². The number of H-pyrrole nitrogens is 1. The van der Waals surface area contributed by atoms with E-state index >= 15 is 0 Å². The average Bonchev–Trinajstić information content (AvgIpc) is 3.07. The van der Waals surface area contributed by atoms with Gasteiger partial charge in [-0.2, -0.15) is 4.31 Å². The van der Waals surface area contributed by atoms with E-state index in [1.165, 1.54) is 22.5 Å². The number of nitrogens with two attached hydrogens (primary N) is 1. The topological polar surface area (TPSA) is 273 Å². The van der Waals surface area contributed by atoms with E-state index in [2.05, 4.69) is 30.4 Å². The van der Waals surface area contributed by atoms with Crippen molar-refractivity contribution in [2.45, 2.75) is 24.5 Å². The Bertz CT molecular complexity index is 1260. The molecule has 186 valence electrons. The number of imidazole rings is 1. The first kappa shape index (κ1) is 26.5. The molecule has 0 spiro atoms. The van der Waals surface area contributed by atoms with Crippen LogP contribution in [0.5, 0.6) is 0 Å². The number of phosphoric acid groups is 2. The molecule has 0 aliphatic carbocycles. The highest BCUT2D eigenvalue weighted by Gasteiger charge is 2.48. The summed E-state index contributed by atoms with van der Waals surface area (Å²) in [5, 5.41) is 20.7. The van der Waals surface area contributed by atoms with Gasteiger partial charge in [-0.25, -0.2) is 18.0 Å². The van der Waals surface area contributed by atoms with E-state index in [4.69, 9.17) is 24.8 Å². The summed E-state index contributed by atoms with van der Waals surface area (Å²) >= 11 is 4.49. The Balaban J connectivity index is 1.76. The van der Waals surface area contributed by atoms with E-state index in [0.29, 0.717) is 0 Å². The van der Waals surface area contributed by atoms with Crippen LogP contribution in [0.3, 0.4) is 0 Å². The van der Waals surface area contributed by atoms with Crippen molar-refractivity contribution in [2.24, 2.45) is 7.05 Å². The van der Waals surface area contributed by atoms with Crippen LogP contribution < -0.4 is 15.9 Å². The van der Waals surface area contributed by atoms with Gasteiger partial charge in [0.25, 0.3) is 11.5 Å². The number of hydrogen-bond donors (Lipinski definition) is 8. The van der Waals surface area contributed by atoms with Gasteiger partial charge in [-0.05, 0) is 11.8 Å². The predicted molar refractivity (Wildman–Crippen MR) is 108 cm³/mol. The summed E-state index contributed by atoms with van der Waals surface area (Å²) in [7, 11) is -9.49. The second kappa shape index (κ2) is 9.14. The number of nitrogens with zero attached hydrogens (tertiary/aromatic N) is 3. The molecular weight excluding hydrogens is 535 g/mol. The number of aliphatic hydroxyl groups excluding tert-OH is 2. The number of nitrogens with one attached hydrogen (secondary N) is 1. The van der Waals surface area contributed by atoms with Crippen LogP contribution in [-0.2, 0) is 45.9 Å². The SMILES string of the molecule is Cn1c[n+]([C@@H]2O[C@H](COP(O)(=S)OP(=O)(O)OP(=O)(O)O)[C@@H](O)[C@H]2O)c2nc(N)[nH]c(=O)c21. The number of aromatic nitrogens is 4. The van der Waals surface area contributed by atoms with Crippen molar-refractivity contribution in [1.29, 1.82) is 0 Å². The van der Waals surface area contributed by atoms with Crippen LogP contribution in [0.15, 0.2) is 11.1 Å². The van der Waals surface area contributed by atoms with Gasteiger partial charge in [0.2, 0.25) is 11.7 Å². The zero-order chi connectivity index (χ0) is 24.9. The predicted octanol–water partition coefficient (Wildman–Crippen LogP) is -2.79. The standard InChI is InChI=1S/C11H18N5O13P3S/c1-15-3-16(8-5(15)9(19)14-11(12)13-8)10-7(18)6(17)4(27-10)2-26-32(25,33)29-31(23,24)28-30(20,21)22/h3-4,6-7,10,17-18H,2H2,1H3,(H6-,12,13,14,19,20,21,22,23,24,25,33)/p+1/t4-,6-,7-,10-,32?/m1/s1. The number of aliphatic hydroxyl groups is 2. The zero-order valence-corrected chi connectivity index (χ0v) is 19.8. The van der Waals surface area contributed by atoms with Crippen LogP contribution in [0, 0.1) is 0 Å². The molecule has 2 aromatic rings. The van der Waals surface area contributed by atoms with E-state index in [-0.39, 0.29) is 17.1 Å². The van der Waals surface area contributed by atoms with Gasteiger partial charge >= 0.3 is 28.0 Å². The third kappa shape index (κ3) is 6.11. The van der Waals surface area contributed by atoms with Gasteiger partial charge in [0.1, 0.15) is 18.3 Å². The van der Waals surface area contributed by atoms with E-state index in [0.717, 1.165) is 0 Å². The minimum atomic E-state index is -5.52. The second-order valence-corrected chi connectivity index (χ2v) is 12.5. The summed E-state index contributed by atoms with van der Waals surface area (Å²) < 4.78 is 42.8. The van der Waals surface area contributed by atoms with Gasteiger partial charge in [-0.3, -0.25) is 14.3 Å². The fourth-order valence-electron chi connectivity index (χ4n) is 3.02. The minimum Gasteiger partial charge on any atom is -0.387 e. The molecule has 33 heavy (non-hydrogen) atoms. The number of aromatic amines is 1. The van der Waals surface area contributed by atoms with Crippen LogP contribution in [-0.4, -0.2) is 69.2 Å². The first-order valence-corrected chi connectivity index (χ1v) is 14.2. The summed E-state index contributed by atoms with van der Waals surface area (Å²) in [6.07, 6.45) is -4.59. The molecule has 3 heterocycles. The molecule has 0 radical (unpaired) electrons. The quantitative estimate of drug-likeness (QED) is 0.121. The summed E-state index contributed by atoms with van der Waals surface area (Å²) in [5.41, 5.74) is 5.09. The van der Waals surface area contributed by atoms with Crippen molar-refractivity contribution in [3.8, 4) is 0 Å². The summed E-state index contributed by atoms with van der Waals surface area (Å²) in [5.74, 6) is -0.218. The van der Waals surface area contributed by atoms with Crippen LogP contribution in [0.4, 0.5) is 5.95 Å². The van der Waals surface area contributed by atoms with Crippen LogP contribution in [0.1, 0.15) is 6.23 Å². The number of ether oxygens (including phenoxy) is 1. The van der Waals surface area contributed by atoms with E-state index in [9.17, 15) is 33.9 Å². The Morgan fingerprint density at radius 3 is 2.52 bits per heavy atom. The lowest BCUT2D eigenvalue weighted by Crippen LogP contribution is -2.46. The van der Waals surface area contributed by atoms with Gasteiger partial charge in [-0.1, -0.05) is 4.98 Å². The molecule has 2 unspecified atom stereocenters. The molecule has 1 fully saturated rings. The van der Waals surface area contributed by atoms with Crippen molar-refractivity contribution in [2.75, 3.05) is 12.3 Å². The third-order valence-corrected chi connectivity index (χ3v) is 8.94. The zero-order valence-electron chi connectivity index (χ0n) is 16.3. The average molecular weight is 554 g/mol. The molecule has 0 amide bonds. The molecule has 18 nitrogen and oxygen atoms in total. The Kier molecular flexibility index (Phi) is 7.33. The van der Waals surface area contributed by atoms with Gasteiger partial charge in [0, 0.05) is 0 Å². The fourth-order valence-corrected chi connectivity index (χ4v) is 6.99. The molecule has 1 saturated heterocycles. The maximum Gasteiger partial charge on any atom is 0.488 e. The Morgan fingerprint density at radius 2 is 1.91 bits per heavy atom. The molecule has 1 aliphatic rings. The Labute approximate surface area is 188 Å². The first-order valence-electron chi connectivity index (χ1n) is 8.55.